The number of hydrogen-bond donors (Lipinski definition) is 2. The zero-order valence-corrected chi connectivity index (χ0v) is 14.0. The molecule has 0 aliphatic rings. The summed E-state index contributed by atoms with van der Waals surface area (Å²) in [6.45, 7) is 14.4. The molecule has 1 atom stereocenters. The lowest BCUT2D eigenvalue weighted by molar-refractivity contribution is 0.196. The Bertz CT molecular complexity index is 395. The molecule has 1 unspecified atom stereocenters. The van der Waals surface area contributed by atoms with E-state index < -0.39 is 0 Å². The minimum atomic E-state index is 0.161. The molecule has 0 spiro atoms. The zero-order chi connectivity index (χ0) is 15.4. The van der Waals surface area contributed by atoms with Crippen LogP contribution in [0.1, 0.15) is 59.1 Å². The first kappa shape index (κ1) is 17.2. The van der Waals surface area contributed by atoms with Gasteiger partial charge in [-0.2, -0.15) is 0 Å². The molecule has 1 rings (SSSR count). The summed E-state index contributed by atoms with van der Waals surface area (Å²) in [4.78, 5) is 0. The SMILES string of the molecule is CC(C)(C)c1ccc(CNC(CCO)C(C)(C)C)cc1. The first-order valence-corrected chi connectivity index (χ1v) is 7.58. The van der Waals surface area contributed by atoms with E-state index >= 15 is 0 Å². The average Bonchev–Trinajstić information content (AvgIpc) is 2.32. The standard InChI is InChI=1S/C18H31NO/c1-17(2,3)15-9-7-14(8-10-15)13-19-16(11-12-20)18(4,5)6/h7-10,16,19-20H,11-13H2,1-6H3. The van der Waals surface area contributed by atoms with Crippen molar-refractivity contribution < 1.29 is 5.11 Å². The monoisotopic (exact) mass is 277 g/mol. The van der Waals surface area contributed by atoms with E-state index in [1.807, 2.05) is 0 Å². The fraction of sp³-hybridized carbons (Fsp3) is 0.667. The Labute approximate surface area is 124 Å². The Kier molecular flexibility index (Phi) is 5.79. The number of aliphatic hydroxyl groups is 1. The fourth-order valence-corrected chi connectivity index (χ4v) is 2.33. The molecule has 0 heterocycles. The first-order chi connectivity index (χ1) is 9.14. The Hall–Kier alpha value is -0.860. The number of hydrogen-bond acceptors (Lipinski definition) is 2. The first-order valence-electron chi connectivity index (χ1n) is 7.58. The lowest BCUT2D eigenvalue weighted by atomic mass is 9.84. The quantitative estimate of drug-likeness (QED) is 0.856. The molecule has 20 heavy (non-hydrogen) atoms. The predicted molar refractivity (Wildman–Crippen MR) is 86.9 cm³/mol. The predicted octanol–water partition coefficient (Wildman–Crippen LogP) is 3.87. The van der Waals surface area contributed by atoms with E-state index in [1.165, 1.54) is 11.1 Å². The summed E-state index contributed by atoms with van der Waals surface area (Å²) in [6.07, 6.45) is 0.795. The van der Waals surface area contributed by atoms with Gasteiger partial charge >= 0.3 is 0 Å². The van der Waals surface area contributed by atoms with E-state index in [-0.39, 0.29) is 17.4 Å². The van der Waals surface area contributed by atoms with Gasteiger partial charge < -0.3 is 10.4 Å². The number of rotatable bonds is 5. The van der Waals surface area contributed by atoms with Crippen LogP contribution in [0.5, 0.6) is 0 Å². The van der Waals surface area contributed by atoms with Crippen LogP contribution in [0.25, 0.3) is 0 Å². The summed E-state index contributed by atoms with van der Waals surface area (Å²) in [7, 11) is 0. The lowest BCUT2D eigenvalue weighted by Gasteiger charge is -2.31. The van der Waals surface area contributed by atoms with Crippen LogP contribution in [0.15, 0.2) is 24.3 Å². The fourth-order valence-electron chi connectivity index (χ4n) is 2.33. The van der Waals surface area contributed by atoms with E-state index in [0.29, 0.717) is 6.04 Å². The van der Waals surface area contributed by atoms with E-state index in [0.717, 1.165) is 13.0 Å². The minimum Gasteiger partial charge on any atom is -0.396 e. The van der Waals surface area contributed by atoms with Gasteiger partial charge in [0.2, 0.25) is 0 Å². The lowest BCUT2D eigenvalue weighted by Crippen LogP contribution is -2.40. The maximum absolute atomic E-state index is 9.18. The van der Waals surface area contributed by atoms with Crippen molar-refractivity contribution in [2.24, 2.45) is 5.41 Å². The highest BCUT2D eigenvalue weighted by molar-refractivity contribution is 5.27. The molecule has 1 aromatic rings. The Balaban J connectivity index is 2.65. The van der Waals surface area contributed by atoms with Crippen molar-refractivity contribution in [2.75, 3.05) is 6.61 Å². The molecule has 0 bridgehead atoms. The van der Waals surface area contributed by atoms with Gasteiger partial charge in [-0.05, 0) is 28.4 Å². The van der Waals surface area contributed by atoms with Crippen LogP contribution < -0.4 is 5.32 Å². The topological polar surface area (TPSA) is 32.3 Å². The summed E-state index contributed by atoms with van der Waals surface area (Å²) in [5.74, 6) is 0. The van der Waals surface area contributed by atoms with Gasteiger partial charge in [0, 0.05) is 19.2 Å². The molecule has 1 aromatic carbocycles. The van der Waals surface area contributed by atoms with Gasteiger partial charge in [-0.25, -0.2) is 0 Å². The molecule has 0 saturated carbocycles. The van der Waals surface area contributed by atoms with Gasteiger partial charge in [0.1, 0.15) is 0 Å². The van der Waals surface area contributed by atoms with Crippen LogP contribution in [0.3, 0.4) is 0 Å². The van der Waals surface area contributed by atoms with Crippen molar-refractivity contribution in [1.82, 2.24) is 5.32 Å². The van der Waals surface area contributed by atoms with Crippen LogP contribution >= 0.6 is 0 Å². The highest BCUT2D eigenvalue weighted by atomic mass is 16.3. The van der Waals surface area contributed by atoms with Crippen LogP contribution in [0, 0.1) is 5.41 Å². The molecule has 0 amide bonds. The second-order valence-corrected chi connectivity index (χ2v) is 7.76. The van der Waals surface area contributed by atoms with E-state index in [2.05, 4.69) is 71.1 Å². The van der Waals surface area contributed by atoms with Crippen molar-refractivity contribution in [1.29, 1.82) is 0 Å². The van der Waals surface area contributed by atoms with Crippen LogP contribution in [0.4, 0.5) is 0 Å². The van der Waals surface area contributed by atoms with Gasteiger partial charge in [0.15, 0.2) is 0 Å². The molecule has 0 aliphatic heterocycles. The summed E-state index contributed by atoms with van der Waals surface area (Å²) < 4.78 is 0. The van der Waals surface area contributed by atoms with Crippen LogP contribution in [-0.2, 0) is 12.0 Å². The van der Waals surface area contributed by atoms with Gasteiger partial charge in [0.05, 0.1) is 0 Å². The second-order valence-electron chi connectivity index (χ2n) is 7.76. The molecule has 0 fully saturated rings. The third-order valence-electron chi connectivity index (χ3n) is 3.84. The van der Waals surface area contributed by atoms with Crippen LogP contribution in [-0.4, -0.2) is 17.8 Å². The molecule has 0 aromatic heterocycles. The molecule has 0 radical (unpaired) electrons. The Morgan fingerprint density at radius 2 is 1.55 bits per heavy atom. The summed E-state index contributed by atoms with van der Waals surface area (Å²) in [5.41, 5.74) is 3.03. The van der Waals surface area contributed by atoms with E-state index in [9.17, 15) is 5.11 Å². The smallest absolute Gasteiger partial charge is 0.0446 e. The van der Waals surface area contributed by atoms with Crippen molar-refractivity contribution >= 4 is 0 Å². The van der Waals surface area contributed by atoms with Gasteiger partial charge in [-0.15, -0.1) is 0 Å². The summed E-state index contributed by atoms with van der Waals surface area (Å²) in [5, 5.41) is 12.8. The van der Waals surface area contributed by atoms with Gasteiger partial charge in [-0.1, -0.05) is 65.8 Å². The number of aliphatic hydroxyl groups excluding tert-OH is 1. The average molecular weight is 277 g/mol. The van der Waals surface area contributed by atoms with Crippen molar-refractivity contribution in [3.63, 3.8) is 0 Å². The second kappa shape index (κ2) is 6.73. The summed E-state index contributed by atoms with van der Waals surface area (Å²) >= 11 is 0. The molecule has 0 aliphatic carbocycles. The van der Waals surface area contributed by atoms with Gasteiger partial charge in [-0.3, -0.25) is 0 Å². The molecular weight excluding hydrogens is 246 g/mol. The van der Waals surface area contributed by atoms with E-state index in [1.54, 1.807) is 0 Å². The molecule has 2 heteroatoms. The molecular formula is C18H31NO. The number of benzene rings is 1. The zero-order valence-electron chi connectivity index (χ0n) is 14.0. The molecule has 2 N–H and O–H groups in total. The maximum atomic E-state index is 9.18. The highest BCUT2D eigenvalue weighted by Gasteiger charge is 2.23. The maximum Gasteiger partial charge on any atom is 0.0446 e. The van der Waals surface area contributed by atoms with Crippen molar-refractivity contribution in [3.8, 4) is 0 Å². The van der Waals surface area contributed by atoms with Crippen molar-refractivity contribution in [2.45, 2.75) is 66.0 Å². The third-order valence-corrected chi connectivity index (χ3v) is 3.84. The number of nitrogens with one attached hydrogen (secondary N) is 1. The van der Waals surface area contributed by atoms with E-state index in [4.69, 9.17) is 0 Å². The summed E-state index contributed by atoms with van der Waals surface area (Å²) in [6, 6.07) is 9.16. The largest absolute Gasteiger partial charge is 0.396 e. The molecule has 2 nitrogen and oxygen atoms in total. The van der Waals surface area contributed by atoms with Gasteiger partial charge in [0.25, 0.3) is 0 Å². The van der Waals surface area contributed by atoms with Crippen LogP contribution in [0.2, 0.25) is 0 Å². The highest BCUT2D eigenvalue weighted by Crippen LogP contribution is 2.24. The Morgan fingerprint density at radius 3 is 1.95 bits per heavy atom. The molecule has 114 valence electrons. The van der Waals surface area contributed by atoms with Crippen molar-refractivity contribution in [3.05, 3.63) is 35.4 Å². The normalized spacial score (nSPS) is 14.3. The Morgan fingerprint density at radius 1 is 1.00 bits per heavy atom. The minimum absolute atomic E-state index is 0.161. The molecule has 0 saturated heterocycles. The third kappa shape index (κ3) is 5.26.